The standard InChI is InChI=1S/C16H21N3O4S2/c1-3-5-12-7-8-13(23-12)15(20)19-9-4-6-11(10-19)14-16(24-18-17-14)25(2,21)22/h7-8,11H,3-6,9-10H2,1-2H3. The molecule has 9 heteroatoms. The Kier molecular flexibility index (Phi) is 5.24. The predicted molar refractivity (Wildman–Crippen MR) is 93.6 cm³/mol. The lowest BCUT2D eigenvalue weighted by molar-refractivity contribution is 0.0671. The molecule has 0 saturated carbocycles. The largest absolute Gasteiger partial charge is 0.456 e. The summed E-state index contributed by atoms with van der Waals surface area (Å²) in [6, 6.07) is 3.55. The molecule has 0 radical (unpaired) electrons. The zero-order valence-corrected chi connectivity index (χ0v) is 15.9. The van der Waals surface area contributed by atoms with Gasteiger partial charge in [-0.3, -0.25) is 4.79 Å². The predicted octanol–water partition coefficient (Wildman–Crippen LogP) is 2.51. The van der Waals surface area contributed by atoms with E-state index in [1.807, 2.05) is 6.07 Å². The summed E-state index contributed by atoms with van der Waals surface area (Å²) in [5, 5.41) is 4.03. The van der Waals surface area contributed by atoms with Crippen LogP contribution in [0.2, 0.25) is 0 Å². The van der Waals surface area contributed by atoms with Crippen LogP contribution in [-0.4, -0.2) is 48.2 Å². The third kappa shape index (κ3) is 3.92. The summed E-state index contributed by atoms with van der Waals surface area (Å²) >= 11 is 0.894. The van der Waals surface area contributed by atoms with E-state index in [0.717, 1.165) is 49.2 Å². The zero-order chi connectivity index (χ0) is 18.0. The topological polar surface area (TPSA) is 93.4 Å². The maximum absolute atomic E-state index is 12.7. The number of furan rings is 1. The third-order valence-electron chi connectivity index (χ3n) is 4.28. The van der Waals surface area contributed by atoms with E-state index in [1.165, 1.54) is 0 Å². The van der Waals surface area contributed by atoms with E-state index in [2.05, 4.69) is 16.5 Å². The maximum Gasteiger partial charge on any atom is 0.289 e. The van der Waals surface area contributed by atoms with Gasteiger partial charge in [-0.2, -0.15) is 0 Å². The van der Waals surface area contributed by atoms with Crippen molar-refractivity contribution in [2.75, 3.05) is 19.3 Å². The number of nitrogens with zero attached hydrogens (tertiary/aromatic N) is 3. The Hall–Kier alpha value is -1.74. The van der Waals surface area contributed by atoms with E-state index >= 15 is 0 Å². The van der Waals surface area contributed by atoms with Gasteiger partial charge < -0.3 is 9.32 Å². The van der Waals surface area contributed by atoms with Crippen molar-refractivity contribution in [1.82, 2.24) is 14.5 Å². The smallest absolute Gasteiger partial charge is 0.289 e. The van der Waals surface area contributed by atoms with Crippen molar-refractivity contribution in [3.05, 3.63) is 29.3 Å². The van der Waals surface area contributed by atoms with Gasteiger partial charge in [0.1, 0.15) is 5.76 Å². The molecule has 0 spiro atoms. The first-order chi connectivity index (χ1) is 11.9. The molecule has 1 aliphatic heterocycles. The number of rotatable bonds is 5. The number of piperidine rings is 1. The van der Waals surface area contributed by atoms with Crippen LogP contribution in [0.1, 0.15) is 54.1 Å². The van der Waals surface area contributed by atoms with Crippen molar-refractivity contribution < 1.29 is 17.6 Å². The molecule has 0 N–H and O–H groups in total. The Morgan fingerprint density at radius 2 is 2.24 bits per heavy atom. The van der Waals surface area contributed by atoms with Gasteiger partial charge in [-0.05, 0) is 31.4 Å². The van der Waals surface area contributed by atoms with Crippen LogP contribution in [0.15, 0.2) is 20.8 Å². The fourth-order valence-electron chi connectivity index (χ4n) is 3.11. The van der Waals surface area contributed by atoms with E-state index < -0.39 is 9.84 Å². The molecule has 7 nitrogen and oxygen atoms in total. The molecule has 0 bridgehead atoms. The molecule has 25 heavy (non-hydrogen) atoms. The molecule has 1 aliphatic rings. The van der Waals surface area contributed by atoms with E-state index in [-0.39, 0.29) is 16.0 Å². The molecule has 0 aromatic carbocycles. The number of aromatic nitrogens is 2. The normalized spacial score (nSPS) is 18.5. The molecule has 3 rings (SSSR count). The van der Waals surface area contributed by atoms with E-state index in [9.17, 15) is 13.2 Å². The van der Waals surface area contributed by atoms with Crippen LogP contribution in [0.4, 0.5) is 0 Å². The number of hydrogen-bond donors (Lipinski definition) is 0. The summed E-state index contributed by atoms with van der Waals surface area (Å²) in [5.41, 5.74) is 0.483. The van der Waals surface area contributed by atoms with Gasteiger partial charge in [0, 0.05) is 43.2 Å². The average molecular weight is 383 g/mol. The molecule has 1 unspecified atom stereocenters. The lowest BCUT2D eigenvalue weighted by Crippen LogP contribution is -2.39. The highest BCUT2D eigenvalue weighted by atomic mass is 32.2. The van der Waals surface area contributed by atoms with Crippen molar-refractivity contribution >= 4 is 27.3 Å². The summed E-state index contributed by atoms with van der Waals surface area (Å²) in [6.07, 6.45) is 4.50. The molecule has 0 aliphatic carbocycles. The number of carbonyl (C=O) groups is 1. The number of aryl methyl sites for hydroxylation is 1. The van der Waals surface area contributed by atoms with E-state index in [1.54, 1.807) is 11.0 Å². The van der Waals surface area contributed by atoms with Gasteiger partial charge in [0.05, 0.1) is 5.69 Å². The minimum atomic E-state index is -3.36. The van der Waals surface area contributed by atoms with Crippen LogP contribution in [-0.2, 0) is 16.3 Å². The van der Waals surface area contributed by atoms with Crippen LogP contribution in [0.5, 0.6) is 0 Å². The van der Waals surface area contributed by atoms with Gasteiger partial charge in [-0.15, -0.1) is 5.10 Å². The van der Waals surface area contributed by atoms with E-state index in [4.69, 9.17) is 4.42 Å². The van der Waals surface area contributed by atoms with E-state index in [0.29, 0.717) is 24.5 Å². The Balaban J connectivity index is 1.77. The highest BCUT2D eigenvalue weighted by molar-refractivity contribution is 7.92. The second-order valence-electron chi connectivity index (χ2n) is 6.32. The van der Waals surface area contributed by atoms with Gasteiger partial charge in [0.25, 0.3) is 5.91 Å². The van der Waals surface area contributed by atoms with Crippen LogP contribution in [0.3, 0.4) is 0 Å². The van der Waals surface area contributed by atoms with Crippen LogP contribution < -0.4 is 0 Å². The summed E-state index contributed by atoms with van der Waals surface area (Å²) in [6.45, 7) is 3.11. The number of hydrogen-bond acceptors (Lipinski definition) is 7. The highest BCUT2D eigenvalue weighted by Gasteiger charge is 2.32. The van der Waals surface area contributed by atoms with Gasteiger partial charge >= 0.3 is 0 Å². The highest BCUT2D eigenvalue weighted by Crippen LogP contribution is 2.32. The number of likely N-dealkylation sites (tertiary alicyclic amines) is 1. The molecular formula is C16H21N3O4S2. The van der Waals surface area contributed by atoms with Crippen LogP contribution in [0.25, 0.3) is 0 Å². The van der Waals surface area contributed by atoms with Crippen LogP contribution >= 0.6 is 11.5 Å². The Morgan fingerprint density at radius 3 is 2.96 bits per heavy atom. The van der Waals surface area contributed by atoms with Gasteiger partial charge in [-0.1, -0.05) is 11.4 Å². The molecule has 1 amide bonds. The SMILES string of the molecule is CCCc1ccc(C(=O)N2CCCC(c3nnsc3S(C)(=O)=O)C2)o1. The van der Waals surface area contributed by atoms with Crippen molar-refractivity contribution in [2.45, 2.75) is 42.7 Å². The Bertz CT molecular complexity index is 856. The van der Waals surface area contributed by atoms with Crippen molar-refractivity contribution in [3.63, 3.8) is 0 Å². The first kappa shape index (κ1) is 18.1. The lowest BCUT2D eigenvalue weighted by atomic mass is 9.95. The molecule has 1 atom stereocenters. The molecule has 1 fully saturated rings. The third-order valence-corrected chi connectivity index (χ3v) is 6.84. The Labute approximate surface area is 151 Å². The first-order valence-electron chi connectivity index (χ1n) is 8.30. The minimum absolute atomic E-state index is 0.119. The molecule has 1 saturated heterocycles. The lowest BCUT2D eigenvalue weighted by Gasteiger charge is -2.31. The van der Waals surface area contributed by atoms with Crippen LogP contribution in [0, 0.1) is 0 Å². The molecule has 2 aromatic rings. The quantitative estimate of drug-likeness (QED) is 0.787. The zero-order valence-electron chi connectivity index (χ0n) is 14.3. The average Bonchev–Trinajstić information content (AvgIpc) is 3.23. The number of amides is 1. The maximum atomic E-state index is 12.7. The first-order valence-corrected chi connectivity index (χ1v) is 11.0. The fourth-order valence-corrected chi connectivity index (χ4v) is 4.84. The Morgan fingerprint density at radius 1 is 1.44 bits per heavy atom. The molecule has 2 aromatic heterocycles. The summed E-state index contributed by atoms with van der Waals surface area (Å²) in [7, 11) is -3.36. The summed E-state index contributed by atoms with van der Waals surface area (Å²) in [4.78, 5) is 14.4. The number of carbonyl (C=O) groups excluding carboxylic acids is 1. The van der Waals surface area contributed by atoms with Crippen molar-refractivity contribution in [3.8, 4) is 0 Å². The van der Waals surface area contributed by atoms with Crippen molar-refractivity contribution in [1.29, 1.82) is 0 Å². The second kappa shape index (κ2) is 7.25. The van der Waals surface area contributed by atoms with Gasteiger partial charge in [0.15, 0.2) is 19.8 Å². The molecule has 3 heterocycles. The summed E-state index contributed by atoms with van der Waals surface area (Å²) < 4.78 is 33.4. The number of sulfone groups is 1. The minimum Gasteiger partial charge on any atom is -0.456 e. The monoisotopic (exact) mass is 383 g/mol. The van der Waals surface area contributed by atoms with Gasteiger partial charge in [0.2, 0.25) is 0 Å². The van der Waals surface area contributed by atoms with Gasteiger partial charge in [-0.25, -0.2) is 8.42 Å². The molecule has 136 valence electrons. The van der Waals surface area contributed by atoms with Crippen molar-refractivity contribution in [2.24, 2.45) is 0 Å². The fraction of sp³-hybridized carbons (Fsp3) is 0.562. The molecular weight excluding hydrogens is 362 g/mol. The summed E-state index contributed by atoms with van der Waals surface area (Å²) in [5.74, 6) is 0.869. The second-order valence-corrected chi connectivity index (χ2v) is 9.29.